The van der Waals surface area contributed by atoms with Gasteiger partial charge in [0, 0.05) is 13.1 Å². The van der Waals surface area contributed by atoms with E-state index in [2.05, 4.69) is 41.7 Å². The van der Waals surface area contributed by atoms with E-state index in [-0.39, 0.29) is 24.7 Å². The molecule has 2 heterocycles. The first-order valence-corrected chi connectivity index (χ1v) is 12.1. The molecule has 2 amide bonds. The minimum absolute atomic E-state index is 0.140. The molecule has 0 atom stereocenters. The van der Waals surface area contributed by atoms with Crippen molar-refractivity contribution in [2.24, 2.45) is 0 Å². The van der Waals surface area contributed by atoms with E-state index in [0.29, 0.717) is 33.6 Å². The lowest BCUT2D eigenvalue weighted by Gasteiger charge is -2.03. The Morgan fingerprint density at radius 3 is 1.38 bits per heavy atom. The maximum atomic E-state index is 12.1. The fourth-order valence-corrected chi connectivity index (χ4v) is 4.29. The zero-order valence-electron chi connectivity index (χ0n) is 18.0. The number of hydrogen-bond acceptors (Lipinski definition) is 10. The highest BCUT2D eigenvalue weighted by Gasteiger charge is 2.10. The highest BCUT2D eigenvalue weighted by Crippen LogP contribution is 2.21. The number of aromatic nitrogens is 4. The molecule has 0 unspecified atom stereocenters. The minimum atomic E-state index is -0.140. The van der Waals surface area contributed by atoms with Crippen LogP contribution in [0.2, 0.25) is 0 Å². The molecule has 0 aliphatic rings. The van der Waals surface area contributed by atoms with Gasteiger partial charge in [-0.3, -0.25) is 9.59 Å². The average molecular weight is 495 g/mol. The Hall–Kier alpha value is -3.90. The molecule has 4 aromatic rings. The van der Waals surface area contributed by atoms with Crippen LogP contribution >= 0.6 is 22.7 Å². The van der Waals surface area contributed by atoms with Gasteiger partial charge in [-0.1, -0.05) is 83.3 Å². The van der Waals surface area contributed by atoms with Gasteiger partial charge in [0.15, 0.2) is 0 Å². The van der Waals surface area contributed by atoms with E-state index < -0.39 is 0 Å². The first kappa shape index (κ1) is 23.3. The molecular formula is C22H22N8O2S2. The molecule has 12 heteroatoms. The van der Waals surface area contributed by atoms with Crippen molar-refractivity contribution in [3.05, 3.63) is 71.8 Å². The largest absolute Gasteiger partial charge is 0.358 e. The Bertz CT molecular complexity index is 1120. The lowest BCUT2D eigenvalue weighted by atomic mass is 10.1. The quantitative estimate of drug-likeness (QED) is 0.234. The van der Waals surface area contributed by atoms with Gasteiger partial charge in [-0.25, -0.2) is 0 Å². The maximum absolute atomic E-state index is 12.1. The highest BCUT2D eigenvalue weighted by molar-refractivity contribution is 7.19. The predicted molar refractivity (Wildman–Crippen MR) is 134 cm³/mol. The van der Waals surface area contributed by atoms with Gasteiger partial charge in [-0.05, 0) is 11.1 Å². The fourth-order valence-electron chi connectivity index (χ4n) is 2.92. The van der Waals surface area contributed by atoms with Crippen LogP contribution in [-0.2, 0) is 22.4 Å². The molecule has 4 N–H and O–H groups in total. The van der Waals surface area contributed by atoms with Gasteiger partial charge in [0.2, 0.25) is 32.3 Å². The van der Waals surface area contributed by atoms with Crippen molar-refractivity contribution in [2.75, 3.05) is 34.4 Å². The van der Waals surface area contributed by atoms with E-state index in [1.54, 1.807) is 0 Å². The minimum Gasteiger partial charge on any atom is -0.358 e. The van der Waals surface area contributed by atoms with Crippen molar-refractivity contribution in [1.29, 1.82) is 0 Å². The van der Waals surface area contributed by atoms with Crippen molar-refractivity contribution in [2.45, 2.75) is 12.8 Å². The van der Waals surface area contributed by atoms with Crippen LogP contribution < -0.4 is 21.3 Å². The average Bonchev–Trinajstić information content (AvgIpc) is 3.47. The SMILES string of the molecule is O=C(Cc1ccccc1)Nc1nnc(NCCNc2nnc(NC(=O)Cc3ccccc3)s2)s1. The monoisotopic (exact) mass is 494 g/mol. The van der Waals surface area contributed by atoms with E-state index >= 15 is 0 Å². The van der Waals surface area contributed by atoms with E-state index in [4.69, 9.17) is 0 Å². The maximum Gasteiger partial charge on any atom is 0.230 e. The summed E-state index contributed by atoms with van der Waals surface area (Å²) >= 11 is 2.53. The molecule has 0 aliphatic carbocycles. The molecule has 0 spiro atoms. The zero-order valence-corrected chi connectivity index (χ0v) is 19.7. The van der Waals surface area contributed by atoms with E-state index in [1.807, 2.05) is 60.7 Å². The van der Waals surface area contributed by atoms with Crippen LogP contribution in [0, 0.1) is 0 Å². The smallest absolute Gasteiger partial charge is 0.230 e. The normalized spacial score (nSPS) is 10.5. The fraction of sp³-hybridized carbons (Fsp3) is 0.182. The van der Waals surface area contributed by atoms with Gasteiger partial charge in [0.1, 0.15) is 0 Å². The number of carbonyl (C=O) groups is 2. The first-order valence-electron chi connectivity index (χ1n) is 10.5. The standard InChI is InChI=1S/C22H22N8O2S2/c31-17(13-15-7-3-1-4-8-15)25-21-29-27-19(33-21)23-11-12-24-20-28-30-22(34-20)26-18(32)14-16-9-5-2-6-10-16/h1-10H,11-14H2,(H,23,27)(H,24,28)(H,25,29,31)(H,26,30,32). The third kappa shape index (κ3) is 7.32. The Labute approximate surface area is 203 Å². The zero-order chi connectivity index (χ0) is 23.6. The Morgan fingerprint density at radius 2 is 0.971 bits per heavy atom. The number of benzene rings is 2. The van der Waals surface area contributed by atoms with Crippen LogP contribution in [0.1, 0.15) is 11.1 Å². The summed E-state index contributed by atoms with van der Waals surface area (Å²) in [5, 5.41) is 29.9. The van der Waals surface area contributed by atoms with Crippen LogP contribution in [0.5, 0.6) is 0 Å². The topological polar surface area (TPSA) is 134 Å². The van der Waals surface area contributed by atoms with Crippen molar-refractivity contribution in [1.82, 2.24) is 20.4 Å². The molecule has 174 valence electrons. The summed E-state index contributed by atoms with van der Waals surface area (Å²) < 4.78 is 0. The van der Waals surface area contributed by atoms with Crippen LogP contribution in [-0.4, -0.2) is 45.3 Å². The van der Waals surface area contributed by atoms with Gasteiger partial charge in [0.05, 0.1) is 12.8 Å². The summed E-state index contributed by atoms with van der Waals surface area (Å²) in [6.07, 6.45) is 0.563. The van der Waals surface area contributed by atoms with Gasteiger partial charge >= 0.3 is 0 Å². The number of nitrogens with zero attached hydrogens (tertiary/aromatic N) is 4. The number of hydrogen-bond donors (Lipinski definition) is 4. The molecule has 0 bridgehead atoms. The van der Waals surface area contributed by atoms with Crippen LogP contribution in [0.25, 0.3) is 0 Å². The number of nitrogens with one attached hydrogen (secondary N) is 4. The van der Waals surface area contributed by atoms with E-state index in [0.717, 1.165) is 11.1 Å². The molecule has 0 saturated carbocycles. The predicted octanol–water partition coefficient (Wildman–Crippen LogP) is 3.28. The molecular weight excluding hydrogens is 472 g/mol. The molecule has 2 aromatic carbocycles. The number of carbonyl (C=O) groups excluding carboxylic acids is 2. The summed E-state index contributed by atoms with van der Waals surface area (Å²) in [6, 6.07) is 19.0. The van der Waals surface area contributed by atoms with Crippen LogP contribution in [0.4, 0.5) is 20.5 Å². The lowest BCUT2D eigenvalue weighted by Crippen LogP contribution is -2.14. The summed E-state index contributed by atoms with van der Waals surface area (Å²) in [6.45, 7) is 1.11. The van der Waals surface area contributed by atoms with Crippen molar-refractivity contribution in [3.8, 4) is 0 Å². The van der Waals surface area contributed by atoms with Crippen molar-refractivity contribution >= 4 is 55.0 Å². The molecule has 0 aliphatic heterocycles. The van der Waals surface area contributed by atoms with E-state index in [1.165, 1.54) is 22.7 Å². The van der Waals surface area contributed by atoms with Crippen LogP contribution in [0.3, 0.4) is 0 Å². The summed E-state index contributed by atoms with van der Waals surface area (Å²) in [4.78, 5) is 24.3. The molecule has 0 fully saturated rings. The van der Waals surface area contributed by atoms with Crippen LogP contribution in [0.15, 0.2) is 60.7 Å². The Morgan fingerprint density at radius 1 is 0.588 bits per heavy atom. The van der Waals surface area contributed by atoms with Crippen molar-refractivity contribution < 1.29 is 9.59 Å². The van der Waals surface area contributed by atoms with Gasteiger partial charge < -0.3 is 21.3 Å². The number of amides is 2. The van der Waals surface area contributed by atoms with Gasteiger partial charge in [-0.2, -0.15) is 0 Å². The van der Waals surface area contributed by atoms with Crippen molar-refractivity contribution in [3.63, 3.8) is 0 Å². The van der Waals surface area contributed by atoms with Gasteiger partial charge in [0.25, 0.3) is 0 Å². The number of anilines is 4. The Kier molecular flexibility index (Phi) is 8.08. The highest BCUT2D eigenvalue weighted by atomic mass is 32.1. The molecule has 0 radical (unpaired) electrons. The first-order chi connectivity index (χ1) is 16.6. The molecule has 34 heavy (non-hydrogen) atoms. The summed E-state index contributed by atoms with van der Waals surface area (Å²) in [7, 11) is 0. The Balaban J connectivity index is 1.15. The molecule has 0 saturated heterocycles. The van der Waals surface area contributed by atoms with Gasteiger partial charge in [-0.15, -0.1) is 20.4 Å². The second kappa shape index (κ2) is 11.8. The summed E-state index contributed by atoms with van der Waals surface area (Å²) in [5.41, 5.74) is 1.87. The molecule has 2 aromatic heterocycles. The third-order valence-electron chi connectivity index (χ3n) is 4.44. The third-order valence-corrected chi connectivity index (χ3v) is 6.03. The second-order valence-electron chi connectivity index (χ2n) is 7.10. The second-order valence-corrected chi connectivity index (χ2v) is 9.05. The molecule has 10 nitrogen and oxygen atoms in total. The summed E-state index contributed by atoms with van der Waals surface area (Å²) in [5.74, 6) is -0.281. The number of rotatable bonds is 11. The molecule has 4 rings (SSSR count). The lowest BCUT2D eigenvalue weighted by molar-refractivity contribution is -0.116. The van der Waals surface area contributed by atoms with E-state index in [9.17, 15) is 9.59 Å².